The van der Waals surface area contributed by atoms with E-state index in [1.807, 2.05) is 59.1 Å². The fraction of sp³-hybridized carbons (Fsp3) is 0.348. The van der Waals surface area contributed by atoms with Crippen LogP contribution in [0.4, 0.5) is 0 Å². The summed E-state index contributed by atoms with van der Waals surface area (Å²) in [5.74, 6) is -0.359. The molecule has 1 saturated heterocycles. The van der Waals surface area contributed by atoms with Crippen molar-refractivity contribution in [1.29, 1.82) is 0 Å². The molecule has 1 atom stereocenters. The molecular weight excluding hydrogens is 380 g/mol. The van der Waals surface area contributed by atoms with Gasteiger partial charge in [-0.3, -0.25) is 14.5 Å². The summed E-state index contributed by atoms with van der Waals surface area (Å²) in [4.78, 5) is 33.9. The van der Waals surface area contributed by atoms with E-state index in [4.69, 9.17) is 4.74 Å². The first-order valence-electron chi connectivity index (χ1n) is 10.2. The molecule has 1 aromatic carbocycles. The fourth-order valence-electron chi connectivity index (χ4n) is 4.09. The minimum Gasteiger partial charge on any atom is -0.468 e. The molecule has 4 rings (SSSR count). The summed E-state index contributed by atoms with van der Waals surface area (Å²) in [6.07, 6.45) is 3.60. The summed E-state index contributed by atoms with van der Waals surface area (Å²) in [5, 5.41) is 0. The van der Waals surface area contributed by atoms with E-state index in [9.17, 15) is 9.59 Å². The molecule has 1 aliphatic rings. The number of hydrogen-bond donors (Lipinski definition) is 0. The van der Waals surface area contributed by atoms with Gasteiger partial charge in [0.1, 0.15) is 11.7 Å². The van der Waals surface area contributed by atoms with Crippen LogP contribution in [0.1, 0.15) is 34.6 Å². The largest absolute Gasteiger partial charge is 0.468 e. The van der Waals surface area contributed by atoms with Gasteiger partial charge in [0, 0.05) is 26.3 Å². The Balaban J connectivity index is 1.65. The Kier molecular flexibility index (Phi) is 5.81. The zero-order valence-corrected chi connectivity index (χ0v) is 17.3. The molecule has 7 heteroatoms. The maximum atomic E-state index is 13.3. The minimum absolute atomic E-state index is 0.133. The molecule has 0 aliphatic carbocycles. The second-order valence-electron chi connectivity index (χ2n) is 7.63. The Morgan fingerprint density at radius 1 is 1.17 bits per heavy atom. The zero-order chi connectivity index (χ0) is 21.1. The van der Waals surface area contributed by atoms with Gasteiger partial charge in [0.05, 0.1) is 12.8 Å². The lowest BCUT2D eigenvalue weighted by molar-refractivity contribution is -0.146. The first-order valence-corrected chi connectivity index (χ1v) is 10.2. The number of carbonyl (C=O) groups excluding carboxylic acids is 2. The number of aromatic nitrogens is 2. The molecule has 0 radical (unpaired) electrons. The molecule has 3 aromatic rings. The molecule has 0 spiro atoms. The third kappa shape index (κ3) is 3.93. The van der Waals surface area contributed by atoms with Crippen LogP contribution in [0, 0.1) is 0 Å². The standard InChI is InChI=1S/C23H26N4O3/c1-25(15-17-9-4-3-5-10-17)22(28)21-19(27-14-7-6-12-20(27)24-21)16-26-13-8-11-18(26)23(29)30-2/h3-7,9-10,12,14,18H,8,11,13,15-16H2,1-2H3. The number of ether oxygens (including phenoxy) is 1. The molecule has 0 bridgehead atoms. The van der Waals surface area contributed by atoms with E-state index in [2.05, 4.69) is 9.88 Å². The van der Waals surface area contributed by atoms with Gasteiger partial charge in [0.25, 0.3) is 5.91 Å². The van der Waals surface area contributed by atoms with Gasteiger partial charge < -0.3 is 14.0 Å². The third-order valence-electron chi connectivity index (χ3n) is 5.63. The quantitative estimate of drug-likeness (QED) is 0.589. The van der Waals surface area contributed by atoms with E-state index in [0.29, 0.717) is 18.8 Å². The Morgan fingerprint density at radius 3 is 2.70 bits per heavy atom. The van der Waals surface area contributed by atoms with Crippen molar-refractivity contribution in [2.24, 2.45) is 0 Å². The van der Waals surface area contributed by atoms with E-state index >= 15 is 0 Å². The Labute approximate surface area is 175 Å². The second-order valence-corrected chi connectivity index (χ2v) is 7.63. The Hall–Kier alpha value is -3.19. The molecule has 0 saturated carbocycles. The van der Waals surface area contributed by atoms with Gasteiger partial charge in [-0.25, -0.2) is 4.98 Å². The van der Waals surface area contributed by atoms with Crippen LogP contribution in [0.5, 0.6) is 0 Å². The van der Waals surface area contributed by atoms with Crippen molar-refractivity contribution >= 4 is 17.5 Å². The van der Waals surface area contributed by atoms with Crippen LogP contribution in [0.3, 0.4) is 0 Å². The van der Waals surface area contributed by atoms with Gasteiger partial charge in [-0.05, 0) is 37.1 Å². The number of hydrogen-bond acceptors (Lipinski definition) is 5. The summed E-state index contributed by atoms with van der Waals surface area (Å²) in [6.45, 7) is 1.75. The number of esters is 1. The van der Waals surface area contributed by atoms with E-state index < -0.39 is 0 Å². The number of methoxy groups -OCH3 is 1. The topological polar surface area (TPSA) is 67.2 Å². The van der Waals surface area contributed by atoms with Crippen molar-refractivity contribution < 1.29 is 14.3 Å². The maximum Gasteiger partial charge on any atom is 0.323 e. The summed E-state index contributed by atoms with van der Waals surface area (Å²) in [6, 6.07) is 15.3. The summed E-state index contributed by atoms with van der Waals surface area (Å²) in [5.41, 5.74) is 3.00. The van der Waals surface area contributed by atoms with Crippen LogP contribution in [0.15, 0.2) is 54.7 Å². The summed E-state index contributed by atoms with van der Waals surface area (Å²) < 4.78 is 6.92. The summed E-state index contributed by atoms with van der Waals surface area (Å²) in [7, 11) is 3.21. The summed E-state index contributed by atoms with van der Waals surface area (Å²) >= 11 is 0. The van der Waals surface area contributed by atoms with Gasteiger partial charge >= 0.3 is 5.97 Å². The lowest BCUT2D eigenvalue weighted by Crippen LogP contribution is -2.37. The molecule has 1 aliphatic heterocycles. The van der Waals surface area contributed by atoms with Gasteiger partial charge in [0.2, 0.25) is 0 Å². The molecule has 1 amide bonds. The average Bonchev–Trinajstić information content (AvgIpc) is 3.38. The van der Waals surface area contributed by atoms with Crippen molar-refractivity contribution in [3.8, 4) is 0 Å². The van der Waals surface area contributed by atoms with Crippen LogP contribution >= 0.6 is 0 Å². The number of rotatable bonds is 6. The van der Waals surface area contributed by atoms with Crippen molar-refractivity contribution in [2.75, 3.05) is 20.7 Å². The molecule has 156 valence electrons. The number of amides is 1. The average molecular weight is 406 g/mol. The van der Waals surface area contributed by atoms with Crippen LogP contribution in [-0.4, -0.2) is 57.8 Å². The van der Waals surface area contributed by atoms with Crippen molar-refractivity contribution in [2.45, 2.75) is 32.0 Å². The Bertz CT molecular complexity index is 1050. The smallest absolute Gasteiger partial charge is 0.323 e. The van der Waals surface area contributed by atoms with Gasteiger partial charge in [0.15, 0.2) is 5.69 Å². The van der Waals surface area contributed by atoms with E-state index in [1.54, 1.807) is 11.9 Å². The number of benzene rings is 1. The predicted octanol–water partition coefficient (Wildman–Crippen LogP) is 2.74. The molecule has 1 fully saturated rings. The molecular formula is C23H26N4O3. The minimum atomic E-state index is -0.283. The van der Waals surface area contributed by atoms with Gasteiger partial charge in [-0.15, -0.1) is 0 Å². The number of pyridine rings is 1. The number of nitrogens with zero attached hydrogens (tertiary/aromatic N) is 4. The monoisotopic (exact) mass is 406 g/mol. The molecule has 7 nitrogen and oxygen atoms in total. The van der Waals surface area contributed by atoms with Crippen molar-refractivity contribution in [3.63, 3.8) is 0 Å². The normalized spacial score (nSPS) is 16.7. The van der Waals surface area contributed by atoms with Crippen molar-refractivity contribution in [3.05, 3.63) is 71.7 Å². The van der Waals surface area contributed by atoms with E-state index in [0.717, 1.165) is 36.3 Å². The number of likely N-dealkylation sites (tertiary alicyclic amines) is 1. The highest BCUT2D eigenvalue weighted by molar-refractivity contribution is 5.94. The Morgan fingerprint density at radius 2 is 1.93 bits per heavy atom. The molecule has 1 unspecified atom stereocenters. The highest BCUT2D eigenvalue weighted by Crippen LogP contribution is 2.24. The predicted molar refractivity (Wildman–Crippen MR) is 113 cm³/mol. The zero-order valence-electron chi connectivity index (χ0n) is 17.3. The maximum absolute atomic E-state index is 13.3. The highest BCUT2D eigenvalue weighted by Gasteiger charge is 2.33. The SMILES string of the molecule is COC(=O)C1CCCN1Cc1c(C(=O)N(C)Cc2ccccc2)nc2ccccn12. The first kappa shape index (κ1) is 20.1. The van der Waals surface area contributed by atoms with Crippen LogP contribution < -0.4 is 0 Å². The molecule has 2 aromatic heterocycles. The van der Waals surface area contributed by atoms with Crippen molar-refractivity contribution in [1.82, 2.24) is 19.2 Å². The van der Waals surface area contributed by atoms with Crippen LogP contribution in [0.25, 0.3) is 5.65 Å². The highest BCUT2D eigenvalue weighted by atomic mass is 16.5. The van der Waals surface area contributed by atoms with Crippen LogP contribution in [-0.2, 0) is 22.6 Å². The fourth-order valence-corrected chi connectivity index (χ4v) is 4.09. The molecule has 30 heavy (non-hydrogen) atoms. The lowest BCUT2D eigenvalue weighted by Gasteiger charge is -2.23. The molecule has 0 N–H and O–H groups in total. The number of carbonyl (C=O) groups is 2. The van der Waals surface area contributed by atoms with Gasteiger partial charge in [-0.1, -0.05) is 36.4 Å². The third-order valence-corrected chi connectivity index (χ3v) is 5.63. The lowest BCUT2D eigenvalue weighted by atomic mass is 10.2. The van der Waals surface area contributed by atoms with Gasteiger partial charge in [-0.2, -0.15) is 0 Å². The number of fused-ring (bicyclic) bond motifs is 1. The first-order chi connectivity index (χ1) is 14.6. The van der Waals surface area contributed by atoms with E-state index in [1.165, 1.54) is 7.11 Å². The number of imidazole rings is 1. The van der Waals surface area contributed by atoms with Crippen LogP contribution in [0.2, 0.25) is 0 Å². The molecule has 3 heterocycles. The second kappa shape index (κ2) is 8.67. The van der Waals surface area contributed by atoms with E-state index in [-0.39, 0.29) is 17.9 Å².